The number of hydrogen-bond acceptors (Lipinski definition) is 2. The lowest BCUT2D eigenvalue weighted by atomic mass is 10.2. The zero-order valence-corrected chi connectivity index (χ0v) is 11.0. The first-order valence-corrected chi connectivity index (χ1v) is 6.58. The van der Waals surface area contributed by atoms with Crippen LogP contribution < -0.4 is 5.32 Å². The number of nitrogens with one attached hydrogen (secondary N) is 1. The Labute approximate surface area is 108 Å². The van der Waals surface area contributed by atoms with E-state index in [1.807, 2.05) is 10.9 Å². The fourth-order valence-electron chi connectivity index (χ4n) is 2.20. The Balaban J connectivity index is 1.86. The number of benzene rings is 1. The minimum absolute atomic E-state index is 0.742. The SMILES string of the molecule is Cc1ccccc1-n1ncc(CNC2CC2)c1C. The van der Waals surface area contributed by atoms with E-state index in [0.29, 0.717) is 0 Å². The molecule has 0 amide bonds. The molecule has 3 rings (SSSR count). The first kappa shape index (κ1) is 11.5. The van der Waals surface area contributed by atoms with Crippen molar-refractivity contribution in [3.63, 3.8) is 0 Å². The van der Waals surface area contributed by atoms with Crippen LogP contribution in [0, 0.1) is 13.8 Å². The molecule has 0 spiro atoms. The van der Waals surface area contributed by atoms with E-state index in [4.69, 9.17) is 0 Å². The number of aryl methyl sites for hydroxylation is 1. The standard InChI is InChI=1S/C15H19N3/c1-11-5-3-4-6-15(11)18-12(2)13(10-17-18)9-16-14-7-8-14/h3-6,10,14,16H,7-9H2,1-2H3. The molecule has 0 aliphatic heterocycles. The van der Waals surface area contributed by atoms with Gasteiger partial charge in [0.1, 0.15) is 0 Å². The minimum atomic E-state index is 0.742. The molecule has 1 fully saturated rings. The van der Waals surface area contributed by atoms with Crippen LogP contribution in [0.25, 0.3) is 5.69 Å². The molecule has 0 unspecified atom stereocenters. The lowest BCUT2D eigenvalue weighted by Gasteiger charge is -2.08. The number of para-hydroxylation sites is 1. The van der Waals surface area contributed by atoms with E-state index in [2.05, 4.69) is 48.5 Å². The quantitative estimate of drug-likeness (QED) is 0.892. The molecule has 1 aromatic carbocycles. The van der Waals surface area contributed by atoms with Gasteiger partial charge in [-0.1, -0.05) is 18.2 Å². The average molecular weight is 241 g/mol. The normalized spacial score (nSPS) is 15.0. The predicted octanol–water partition coefficient (Wildman–Crippen LogP) is 2.74. The fourth-order valence-corrected chi connectivity index (χ4v) is 2.20. The third-order valence-corrected chi connectivity index (χ3v) is 3.61. The van der Waals surface area contributed by atoms with Crippen LogP contribution in [0.1, 0.15) is 29.7 Å². The predicted molar refractivity (Wildman–Crippen MR) is 72.9 cm³/mol. The lowest BCUT2D eigenvalue weighted by molar-refractivity contribution is 0.684. The van der Waals surface area contributed by atoms with Gasteiger partial charge in [0.2, 0.25) is 0 Å². The van der Waals surface area contributed by atoms with Crippen LogP contribution in [-0.4, -0.2) is 15.8 Å². The highest BCUT2D eigenvalue weighted by Crippen LogP contribution is 2.21. The highest BCUT2D eigenvalue weighted by atomic mass is 15.3. The highest BCUT2D eigenvalue weighted by Gasteiger charge is 2.21. The third-order valence-electron chi connectivity index (χ3n) is 3.61. The van der Waals surface area contributed by atoms with Gasteiger partial charge in [-0.2, -0.15) is 5.10 Å². The first-order valence-electron chi connectivity index (χ1n) is 6.58. The van der Waals surface area contributed by atoms with Crippen molar-refractivity contribution >= 4 is 0 Å². The smallest absolute Gasteiger partial charge is 0.0677 e. The summed E-state index contributed by atoms with van der Waals surface area (Å²) >= 11 is 0. The average Bonchev–Trinajstić information content (AvgIpc) is 3.13. The molecule has 1 aliphatic rings. The molecule has 1 saturated carbocycles. The summed E-state index contributed by atoms with van der Waals surface area (Å²) < 4.78 is 2.04. The molecule has 2 aromatic rings. The van der Waals surface area contributed by atoms with Crippen LogP contribution in [0.4, 0.5) is 0 Å². The molecular weight excluding hydrogens is 222 g/mol. The maximum absolute atomic E-state index is 4.52. The van der Waals surface area contributed by atoms with Crippen molar-refractivity contribution in [3.8, 4) is 5.69 Å². The van der Waals surface area contributed by atoms with Crippen molar-refractivity contribution in [2.75, 3.05) is 0 Å². The zero-order chi connectivity index (χ0) is 12.5. The summed E-state index contributed by atoms with van der Waals surface area (Å²) in [5.41, 5.74) is 4.96. The molecule has 3 nitrogen and oxygen atoms in total. The van der Waals surface area contributed by atoms with Gasteiger partial charge in [0.25, 0.3) is 0 Å². The van der Waals surface area contributed by atoms with E-state index in [9.17, 15) is 0 Å². The fraction of sp³-hybridized carbons (Fsp3) is 0.400. The maximum Gasteiger partial charge on any atom is 0.0677 e. The van der Waals surface area contributed by atoms with Crippen LogP contribution >= 0.6 is 0 Å². The zero-order valence-electron chi connectivity index (χ0n) is 11.0. The van der Waals surface area contributed by atoms with E-state index in [1.165, 1.54) is 35.3 Å². The Hall–Kier alpha value is -1.61. The molecule has 3 heteroatoms. The molecule has 1 aliphatic carbocycles. The summed E-state index contributed by atoms with van der Waals surface area (Å²) in [6, 6.07) is 9.11. The van der Waals surface area contributed by atoms with E-state index in [-0.39, 0.29) is 0 Å². The summed E-state index contributed by atoms with van der Waals surface area (Å²) in [7, 11) is 0. The van der Waals surface area contributed by atoms with Crippen LogP contribution in [0.2, 0.25) is 0 Å². The molecule has 1 N–H and O–H groups in total. The number of hydrogen-bond donors (Lipinski definition) is 1. The van der Waals surface area contributed by atoms with Gasteiger partial charge in [-0.25, -0.2) is 4.68 Å². The minimum Gasteiger partial charge on any atom is -0.310 e. The molecule has 0 radical (unpaired) electrons. The van der Waals surface area contributed by atoms with E-state index < -0.39 is 0 Å². The number of nitrogens with zero attached hydrogens (tertiary/aromatic N) is 2. The van der Waals surface area contributed by atoms with Gasteiger partial charge in [0, 0.05) is 23.8 Å². The maximum atomic E-state index is 4.52. The first-order chi connectivity index (χ1) is 8.75. The van der Waals surface area contributed by atoms with Crippen LogP contribution in [0.15, 0.2) is 30.5 Å². The van der Waals surface area contributed by atoms with Crippen molar-refractivity contribution in [2.45, 2.75) is 39.3 Å². The highest BCUT2D eigenvalue weighted by molar-refractivity contribution is 5.41. The van der Waals surface area contributed by atoms with Gasteiger partial charge in [0.15, 0.2) is 0 Å². The van der Waals surface area contributed by atoms with Crippen molar-refractivity contribution in [1.29, 1.82) is 0 Å². The third kappa shape index (κ3) is 2.18. The second kappa shape index (κ2) is 4.58. The molecule has 1 aromatic heterocycles. The molecular formula is C15H19N3. The Kier molecular flexibility index (Phi) is 2.92. The molecule has 18 heavy (non-hydrogen) atoms. The Bertz CT molecular complexity index is 553. The molecule has 0 bridgehead atoms. The van der Waals surface area contributed by atoms with Crippen LogP contribution in [0.3, 0.4) is 0 Å². The van der Waals surface area contributed by atoms with Crippen LogP contribution in [0.5, 0.6) is 0 Å². The Morgan fingerprint density at radius 1 is 1.28 bits per heavy atom. The molecule has 0 atom stereocenters. The van der Waals surface area contributed by atoms with Crippen LogP contribution in [-0.2, 0) is 6.54 Å². The molecule has 1 heterocycles. The van der Waals surface area contributed by atoms with Gasteiger partial charge in [-0.3, -0.25) is 0 Å². The summed E-state index contributed by atoms with van der Waals surface area (Å²) in [4.78, 5) is 0. The van der Waals surface area contributed by atoms with Crippen molar-refractivity contribution in [1.82, 2.24) is 15.1 Å². The monoisotopic (exact) mass is 241 g/mol. The summed E-state index contributed by atoms with van der Waals surface area (Å²) in [6.07, 6.45) is 4.63. The van der Waals surface area contributed by atoms with E-state index in [0.717, 1.165) is 12.6 Å². The Morgan fingerprint density at radius 3 is 2.78 bits per heavy atom. The Morgan fingerprint density at radius 2 is 2.06 bits per heavy atom. The number of aromatic nitrogens is 2. The second-order valence-electron chi connectivity index (χ2n) is 5.11. The largest absolute Gasteiger partial charge is 0.310 e. The lowest BCUT2D eigenvalue weighted by Crippen LogP contribution is -2.15. The van der Waals surface area contributed by atoms with Gasteiger partial charge in [0.05, 0.1) is 11.9 Å². The van der Waals surface area contributed by atoms with Crippen molar-refractivity contribution in [2.24, 2.45) is 0 Å². The summed E-state index contributed by atoms with van der Waals surface area (Å²) in [5, 5.41) is 8.06. The second-order valence-corrected chi connectivity index (χ2v) is 5.11. The van der Waals surface area contributed by atoms with E-state index >= 15 is 0 Å². The van der Waals surface area contributed by atoms with Crippen molar-refractivity contribution < 1.29 is 0 Å². The van der Waals surface area contributed by atoms with Crippen molar-refractivity contribution in [3.05, 3.63) is 47.3 Å². The summed E-state index contributed by atoms with van der Waals surface area (Å²) in [6.45, 7) is 5.20. The summed E-state index contributed by atoms with van der Waals surface area (Å²) in [5.74, 6) is 0. The molecule has 0 saturated heterocycles. The van der Waals surface area contributed by atoms with Gasteiger partial charge >= 0.3 is 0 Å². The topological polar surface area (TPSA) is 29.9 Å². The van der Waals surface area contributed by atoms with Gasteiger partial charge in [-0.05, 0) is 38.3 Å². The number of rotatable bonds is 4. The van der Waals surface area contributed by atoms with E-state index in [1.54, 1.807) is 0 Å². The molecule has 94 valence electrons. The van der Waals surface area contributed by atoms with Gasteiger partial charge in [-0.15, -0.1) is 0 Å². The van der Waals surface area contributed by atoms with Gasteiger partial charge < -0.3 is 5.32 Å².